The molecule has 0 atom stereocenters. The molecular weight excluding hydrogens is 314 g/mol. The minimum absolute atomic E-state index is 0.126. The first-order valence-electron chi connectivity index (χ1n) is 7.67. The quantitative estimate of drug-likeness (QED) is 0.812. The highest BCUT2D eigenvalue weighted by Gasteiger charge is 2.31. The van der Waals surface area contributed by atoms with Crippen LogP contribution in [0.2, 0.25) is 0 Å². The lowest BCUT2D eigenvalue weighted by Crippen LogP contribution is -2.38. The molecule has 0 aromatic heterocycles. The van der Waals surface area contributed by atoms with E-state index in [0.717, 1.165) is 17.6 Å². The highest BCUT2D eigenvalue weighted by Crippen LogP contribution is 2.35. The Balaban J connectivity index is 1.94. The van der Waals surface area contributed by atoms with Gasteiger partial charge in [0, 0.05) is 29.6 Å². The molecule has 112 valence electrons. The lowest BCUT2D eigenvalue weighted by Gasteiger charge is -2.35. The van der Waals surface area contributed by atoms with Crippen LogP contribution in [0.4, 0.5) is 0 Å². The Morgan fingerprint density at radius 2 is 1.70 bits per heavy atom. The molecule has 0 unspecified atom stereocenters. The molecule has 0 aliphatic heterocycles. The van der Waals surface area contributed by atoms with Crippen LogP contribution in [-0.4, -0.2) is 30.2 Å². The second kappa shape index (κ2) is 7.58. The minimum Gasteiger partial charge on any atom is -0.396 e. The van der Waals surface area contributed by atoms with Crippen LogP contribution in [0, 0.1) is 5.41 Å². The summed E-state index contributed by atoms with van der Waals surface area (Å²) in [4.78, 5) is 2.37. The maximum Gasteiger partial charge on any atom is 0.0499 e. The number of hydrogen-bond donors (Lipinski definition) is 1. The zero-order chi connectivity index (χ0) is 14.4. The summed E-state index contributed by atoms with van der Waals surface area (Å²) in [5.74, 6) is 0. The van der Waals surface area contributed by atoms with Gasteiger partial charge in [0.15, 0.2) is 0 Å². The molecule has 1 saturated carbocycles. The Bertz CT molecular complexity index is 396. The molecule has 20 heavy (non-hydrogen) atoms. The van der Waals surface area contributed by atoms with Gasteiger partial charge >= 0.3 is 0 Å². The molecule has 3 heteroatoms. The van der Waals surface area contributed by atoms with E-state index in [1.54, 1.807) is 0 Å². The van der Waals surface area contributed by atoms with E-state index in [0.29, 0.717) is 6.61 Å². The van der Waals surface area contributed by atoms with E-state index in [1.165, 1.54) is 44.1 Å². The molecule has 1 aliphatic rings. The molecule has 0 bridgehead atoms. The Hall–Kier alpha value is -0.380. The Kier molecular flexibility index (Phi) is 6.06. The van der Waals surface area contributed by atoms with E-state index in [4.69, 9.17) is 0 Å². The first-order chi connectivity index (χ1) is 9.63. The van der Waals surface area contributed by atoms with Gasteiger partial charge in [-0.25, -0.2) is 0 Å². The molecule has 1 aromatic rings. The average molecular weight is 340 g/mol. The number of halogens is 1. The van der Waals surface area contributed by atoms with E-state index in [2.05, 4.69) is 52.1 Å². The maximum atomic E-state index is 9.89. The van der Waals surface area contributed by atoms with Crippen molar-refractivity contribution in [2.75, 3.05) is 20.2 Å². The summed E-state index contributed by atoms with van der Waals surface area (Å²) >= 11 is 3.47. The molecule has 0 radical (unpaired) electrons. The molecule has 0 amide bonds. The van der Waals surface area contributed by atoms with Crippen molar-refractivity contribution >= 4 is 15.9 Å². The number of rotatable bonds is 5. The van der Waals surface area contributed by atoms with Gasteiger partial charge in [0.1, 0.15) is 0 Å². The van der Waals surface area contributed by atoms with Crippen molar-refractivity contribution in [2.45, 2.75) is 45.1 Å². The van der Waals surface area contributed by atoms with Gasteiger partial charge in [-0.2, -0.15) is 0 Å². The summed E-state index contributed by atoms with van der Waals surface area (Å²) in [5, 5.41) is 9.89. The average Bonchev–Trinajstić information content (AvgIpc) is 2.67. The molecule has 2 rings (SSSR count). The van der Waals surface area contributed by atoms with Crippen LogP contribution < -0.4 is 0 Å². The fourth-order valence-corrected chi connectivity index (χ4v) is 3.64. The SMILES string of the molecule is CN(Cc1ccc(Br)cc1)CC1(CO)CCCCCC1. The van der Waals surface area contributed by atoms with Gasteiger partial charge < -0.3 is 10.0 Å². The molecule has 1 N–H and O–H groups in total. The Morgan fingerprint density at radius 3 is 2.25 bits per heavy atom. The predicted molar refractivity (Wildman–Crippen MR) is 87.7 cm³/mol. The summed E-state index contributed by atoms with van der Waals surface area (Å²) in [6.07, 6.45) is 7.55. The second-order valence-electron chi connectivity index (χ2n) is 6.37. The zero-order valence-corrected chi connectivity index (χ0v) is 14.0. The summed E-state index contributed by atoms with van der Waals surface area (Å²) in [5.41, 5.74) is 1.46. The van der Waals surface area contributed by atoms with Gasteiger partial charge in [-0.15, -0.1) is 0 Å². The third kappa shape index (κ3) is 4.57. The highest BCUT2D eigenvalue weighted by molar-refractivity contribution is 9.10. The second-order valence-corrected chi connectivity index (χ2v) is 7.29. The fourth-order valence-electron chi connectivity index (χ4n) is 3.37. The van der Waals surface area contributed by atoms with E-state index in [1.807, 2.05) is 0 Å². The molecule has 0 spiro atoms. The van der Waals surface area contributed by atoms with Crippen LogP contribution in [0.3, 0.4) is 0 Å². The standard InChI is InChI=1S/C17H26BrNO/c1-19(12-15-6-8-16(18)9-7-15)13-17(14-20)10-4-2-3-5-11-17/h6-9,20H,2-5,10-14H2,1H3. The van der Waals surface area contributed by atoms with Crippen LogP contribution in [-0.2, 0) is 6.54 Å². The zero-order valence-electron chi connectivity index (χ0n) is 12.4. The first-order valence-corrected chi connectivity index (χ1v) is 8.47. The van der Waals surface area contributed by atoms with Gasteiger partial charge in [0.05, 0.1) is 0 Å². The van der Waals surface area contributed by atoms with Crippen LogP contribution in [0.25, 0.3) is 0 Å². The molecule has 0 heterocycles. The normalized spacial score (nSPS) is 19.0. The predicted octanol–water partition coefficient (Wildman–Crippen LogP) is 4.21. The topological polar surface area (TPSA) is 23.5 Å². The van der Waals surface area contributed by atoms with Crippen molar-refractivity contribution in [2.24, 2.45) is 5.41 Å². The van der Waals surface area contributed by atoms with Gasteiger partial charge in [0.25, 0.3) is 0 Å². The first kappa shape index (κ1) is 16.0. The van der Waals surface area contributed by atoms with Crippen molar-refractivity contribution < 1.29 is 5.11 Å². The van der Waals surface area contributed by atoms with Crippen LogP contribution >= 0.6 is 15.9 Å². The Labute approximate surface area is 131 Å². The van der Waals surface area contributed by atoms with Crippen molar-refractivity contribution in [3.63, 3.8) is 0 Å². The van der Waals surface area contributed by atoms with Gasteiger partial charge in [0.2, 0.25) is 0 Å². The summed E-state index contributed by atoms with van der Waals surface area (Å²) in [6.45, 7) is 2.28. The molecule has 2 nitrogen and oxygen atoms in total. The van der Waals surface area contributed by atoms with Gasteiger partial charge in [-0.1, -0.05) is 53.7 Å². The summed E-state index contributed by atoms with van der Waals surface area (Å²) in [7, 11) is 2.17. The largest absolute Gasteiger partial charge is 0.396 e. The summed E-state index contributed by atoms with van der Waals surface area (Å²) < 4.78 is 1.12. The number of hydrogen-bond acceptors (Lipinski definition) is 2. The smallest absolute Gasteiger partial charge is 0.0499 e. The van der Waals surface area contributed by atoms with Crippen molar-refractivity contribution in [1.29, 1.82) is 0 Å². The molecule has 1 aromatic carbocycles. The fraction of sp³-hybridized carbons (Fsp3) is 0.647. The van der Waals surface area contributed by atoms with E-state index in [9.17, 15) is 5.11 Å². The van der Waals surface area contributed by atoms with Crippen molar-refractivity contribution in [3.05, 3.63) is 34.3 Å². The lowest BCUT2D eigenvalue weighted by atomic mass is 9.80. The third-order valence-corrected chi connectivity index (χ3v) is 5.00. The monoisotopic (exact) mass is 339 g/mol. The van der Waals surface area contributed by atoms with E-state index in [-0.39, 0.29) is 5.41 Å². The number of benzene rings is 1. The number of nitrogens with zero attached hydrogens (tertiary/aromatic N) is 1. The Morgan fingerprint density at radius 1 is 1.10 bits per heavy atom. The summed E-state index contributed by atoms with van der Waals surface area (Å²) in [6, 6.07) is 8.52. The van der Waals surface area contributed by atoms with E-state index < -0.39 is 0 Å². The van der Waals surface area contributed by atoms with Crippen LogP contribution in [0.1, 0.15) is 44.1 Å². The number of aliphatic hydroxyl groups excluding tert-OH is 1. The molecule has 0 saturated heterocycles. The number of aliphatic hydroxyl groups is 1. The lowest BCUT2D eigenvalue weighted by molar-refractivity contribution is 0.0663. The van der Waals surface area contributed by atoms with Crippen LogP contribution in [0.15, 0.2) is 28.7 Å². The minimum atomic E-state index is 0.126. The van der Waals surface area contributed by atoms with Gasteiger partial charge in [-0.05, 0) is 37.6 Å². The molecule has 1 fully saturated rings. The van der Waals surface area contributed by atoms with Crippen LogP contribution in [0.5, 0.6) is 0 Å². The molecule has 1 aliphatic carbocycles. The van der Waals surface area contributed by atoms with E-state index >= 15 is 0 Å². The van der Waals surface area contributed by atoms with Crippen molar-refractivity contribution in [1.82, 2.24) is 4.90 Å². The van der Waals surface area contributed by atoms with Gasteiger partial charge in [-0.3, -0.25) is 0 Å². The molecular formula is C17H26BrNO. The highest BCUT2D eigenvalue weighted by atomic mass is 79.9. The maximum absolute atomic E-state index is 9.89. The van der Waals surface area contributed by atoms with Crippen molar-refractivity contribution in [3.8, 4) is 0 Å². The third-order valence-electron chi connectivity index (χ3n) is 4.47.